The summed E-state index contributed by atoms with van der Waals surface area (Å²) >= 11 is 6.91. The quantitative estimate of drug-likeness (QED) is 0.442. The molecular weight excluding hydrogens is 242 g/mol. The summed E-state index contributed by atoms with van der Waals surface area (Å²) in [5.41, 5.74) is 0. The predicted octanol–water partition coefficient (Wildman–Crippen LogP) is 2.71. The largest absolute Gasteiger partial charge is 0.466 e. The summed E-state index contributed by atoms with van der Waals surface area (Å²) in [7, 11) is 1.31. The van der Waals surface area contributed by atoms with Crippen LogP contribution in [0.4, 0.5) is 0 Å². The van der Waals surface area contributed by atoms with E-state index >= 15 is 0 Å². The molecular formula is C11H21NO2S2. The number of ether oxygens (including phenoxy) is 1. The zero-order valence-electron chi connectivity index (χ0n) is 10.5. The lowest BCUT2D eigenvalue weighted by Crippen LogP contribution is -2.26. The Labute approximate surface area is 108 Å². The van der Waals surface area contributed by atoms with Crippen molar-refractivity contribution in [1.29, 1.82) is 0 Å². The number of methoxy groups -OCH3 is 1. The van der Waals surface area contributed by atoms with E-state index in [4.69, 9.17) is 12.2 Å². The standard InChI is InChI=1S/C7H15NS2.C4H6O2/c1-4-8(5-2)7(9)10-6-3;1-3-4(5)6-2/h4-6H2,1-3H3;3H,1H2,2H3. The lowest BCUT2D eigenvalue weighted by atomic mass is 10.6. The fourth-order valence-electron chi connectivity index (χ4n) is 0.780. The Morgan fingerprint density at radius 2 is 1.94 bits per heavy atom. The number of rotatable bonds is 4. The smallest absolute Gasteiger partial charge is 0.329 e. The zero-order chi connectivity index (χ0) is 13.0. The molecule has 5 heteroatoms. The molecule has 0 amide bonds. The molecule has 0 saturated heterocycles. The molecule has 0 aliphatic heterocycles. The summed E-state index contributed by atoms with van der Waals surface area (Å²) in [5.74, 6) is 0.685. The molecule has 3 nitrogen and oxygen atoms in total. The maximum atomic E-state index is 9.84. The fourth-order valence-corrected chi connectivity index (χ4v) is 2.08. The minimum Gasteiger partial charge on any atom is -0.466 e. The first-order valence-electron chi connectivity index (χ1n) is 5.19. The molecule has 0 aromatic heterocycles. The second kappa shape index (κ2) is 12.5. The molecule has 0 atom stereocenters. The van der Waals surface area contributed by atoms with Crippen LogP contribution in [0.25, 0.3) is 0 Å². The van der Waals surface area contributed by atoms with Gasteiger partial charge in [-0.05, 0) is 19.6 Å². The molecule has 94 valence electrons. The second-order valence-electron chi connectivity index (χ2n) is 2.60. The van der Waals surface area contributed by atoms with Crippen LogP contribution in [0.1, 0.15) is 20.8 Å². The summed E-state index contributed by atoms with van der Waals surface area (Å²) in [4.78, 5) is 12.0. The third-order valence-electron chi connectivity index (χ3n) is 1.66. The van der Waals surface area contributed by atoms with Crippen molar-refractivity contribution in [2.45, 2.75) is 20.8 Å². The number of hydrogen-bond acceptors (Lipinski definition) is 4. The van der Waals surface area contributed by atoms with Gasteiger partial charge in [-0.3, -0.25) is 0 Å². The number of thiocarbonyl (C=S) groups is 1. The molecule has 0 bridgehead atoms. The fraction of sp³-hybridized carbons (Fsp3) is 0.636. The third kappa shape index (κ3) is 9.98. The van der Waals surface area contributed by atoms with Gasteiger partial charge in [0.05, 0.1) is 7.11 Å². The van der Waals surface area contributed by atoms with Gasteiger partial charge in [0.25, 0.3) is 0 Å². The van der Waals surface area contributed by atoms with Crippen LogP contribution >= 0.6 is 24.0 Å². The molecule has 0 aliphatic carbocycles. The Hall–Kier alpha value is -0.550. The van der Waals surface area contributed by atoms with E-state index in [1.807, 2.05) is 0 Å². The minimum atomic E-state index is -0.394. The Balaban J connectivity index is 0. The molecule has 0 aliphatic rings. The normalized spacial score (nSPS) is 8.50. The average Bonchev–Trinajstić information content (AvgIpc) is 2.31. The van der Waals surface area contributed by atoms with Crippen LogP contribution in [0.15, 0.2) is 12.7 Å². The first-order valence-corrected chi connectivity index (χ1v) is 6.58. The van der Waals surface area contributed by atoms with Gasteiger partial charge in [-0.15, -0.1) is 0 Å². The van der Waals surface area contributed by atoms with Gasteiger partial charge in [0.15, 0.2) is 0 Å². The average molecular weight is 263 g/mol. The van der Waals surface area contributed by atoms with Crippen molar-refractivity contribution < 1.29 is 9.53 Å². The molecule has 0 aromatic rings. The first-order chi connectivity index (χ1) is 7.56. The minimum absolute atomic E-state index is 0.394. The van der Waals surface area contributed by atoms with E-state index in [9.17, 15) is 4.79 Å². The molecule has 16 heavy (non-hydrogen) atoms. The van der Waals surface area contributed by atoms with Crippen LogP contribution in [0, 0.1) is 0 Å². The van der Waals surface area contributed by atoms with Gasteiger partial charge < -0.3 is 9.64 Å². The Morgan fingerprint density at radius 3 is 2.12 bits per heavy atom. The van der Waals surface area contributed by atoms with E-state index in [0.717, 1.165) is 29.2 Å². The summed E-state index contributed by atoms with van der Waals surface area (Å²) in [5, 5.41) is 0. The SMILES string of the molecule is C=CC(=O)OC.CCSC(=S)N(CC)CC. The van der Waals surface area contributed by atoms with Crippen LogP contribution in [0.2, 0.25) is 0 Å². The monoisotopic (exact) mass is 263 g/mol. The van der Waals surface area contributed by atoms with E-state index in [0.29, 0.717) is 0 Å². The van der Waals surface area contributed by atoms with Gasteiger partial charge in [0, 0.05) is 19.2 Å². The maximum Gasteiger partial charge on any atom is 0.329 e. The molecule has 0 spiro atoms. The number of carbonyl (C=O) groups is 1. The maximum absolute atomic E-state index is 9.84. The molecule has 0 rings (SSSR count). The summed E-state index contributed by atoms with van der Waals surface area (Å²) in [6, 6.07) is 0. The number of carbonyl (C=O) groups excluding carboxylic acids is 1. The molecule has 0 saturated carbocycles. The number of hydrogen-bond donors (Lipinski definition) is 0. The highest BCUT2D eigenvalue weighted by atomic mass is 32.2. The van der Waals surface area contributed by atoms with Crippen LogP contribution in [0.3, 0.4) is 0 Å². The Morgan fingerprint density at radius 1 is 1.44 bits per heavy atom. The summed E-state index contributed by atoms with van der Waals surface area (Å²) in [6.07, 6.45) is 1.11. The second-order valence-corrected chi connectivity index (χ2v) is 4.50. The van der Waals surface area contributed by atoms with Crippen molar-refractivity contribution in [1.82, 2.24) is 4.90 Å². The third-order valence-corrected chi connectivity index (χ3v) is 3.06. The number of esters is 1. The van der Waals surface area contributed by atoms with E-state index in [1.54, 1.807) is 11.8 Å². The van der Waals surface area contributed by atoms with Crippen molar-refractivity contribution in [3.63, 3.8) is 0 Å². The highest BCUT2D eigenvalue weighted by Crippen LogP contribution is 2.07. The van der Waals surface area contributed by atoms with Crippen LogP contribution in [-0.2, 0) is 9.53 Å². The Kier molecular flexibility index (Phi) is 14.0. The van der Waals surface area contributed by atoms with E-state index in [2.05, 4.69) is 37.0 Å². The highest BCUT2D eigenvalue weighted by Gasteiger charge is 2.02. The van der Waals surface area contributed by atoms with Crippen LogP contribution in [-0.4, -0.2) is 41.1 Å². The zero-order valence-corrected chi connectivity index (χ0v) is 12.1. The first kappa shape index (κ1) is 17.8. The summed E-state index contributed by atoms with van der Waals surface area (Å²) in [6.45, 7) is 11.6. The van der Waals surface area contributed by atoms with Gasteiger partial charge in [0.1, 0.15) is 4.32 Å². The van der Waals surface area contributed by atoms with Gasteiger partial charge in [-0.25, -0.2) is 4.79 Å². The molecule has 0 radical (unpaired) electrons. The molecule has 0 heterocycles. The highest BCUT2D eigenvalue weighted by molar-refractivity contribution is 8.22. The number of thioether (sulfide) groups is 1. The number of nitrogens with zero attached hydrogens (tertiary/aromatic N) is 1. The van der Waals surface area contributed by atoms with E-state index in [1.165, 1.54) is 7.11 Å². The van der Waals surface area contributed by atoms with Crippen molar-refractivity contribution in [3.05, 3.63) is 12.7 Å². The van der Waals surface area contributed by atoms with Crippen molar-refractivity contribution in [2.75, 3.05) is 26.0 Å². The van der Waals surface area contributed by atoms with Gasteiger partial charge in [-0.2, -0.15) is 0 Å². The van der Waals surface area contributed by atoms with Crippen molar-refractivity contribution in [2.24, 2.45) is 0 Å². The predicted molar refractivity (Wildman–Crippen MR) is 75.9 cm³/mol. The summed E-state index contributed by atoms with van der Waals surface area (Å²) < 4.78 is 5.18. The van der Waals surface area contributed by atoms with Crippen LogP contribution < -0.4 is 0 Å². The topological polar surface area (TPSA) is 29.5 Å². The van der Waals surface area contributed by atoms with E-state index < -0.39 is 5.97 Å². The van der Waals surface area contributed by atoms with E-state index in [-0.39, 0.29) is 0 Å². The molecule has 0 N–H and O–H groups in total. The van der Waals surface area contributed by atoms with Gasteiger partial charge in [-0.1, -0.05) is 37.5 Å². The van der Waals surface area contributed by atoms with Gasteiger partial charge >= 0.3 is 5.97 Å². The molecule has 0 aromatic carbocycles. The lowest BCUT2D eigenvalue weighted by molar-refractivity contribution is -0.134. The van der Waals surface area contributed by atoms with Crippen molar-refractivity contribution in [3.8, 4) is 0 Å². The van der Waals surface area contributed by atoms with Crippen LogP contribution in [0.5, 0.6) is 0 Å². The Bertz CT molecular complexity index is 216. The molecule has 0 unspecified atom stereocenters. The molecule has 0 fully saturated rings. The van der Waals surface area contributed by atoms with Crippen molar-refractivity contribution >= 4 is 34.3 Å². The lowest BCUT2D eigenvalue weighted by Gasteiger charge is -2.20. The van der Waals surface area contributed by atoms with Gasteiger partial charge in [0.2, 0.25) is 0 Å².